The van der Waals surface area contributed by atoms with E-state index >= 15 is 0 Å². The molecule has 1 aromatic heterocycles. The van der Waals surface area contributed by atoms with Gasteiger partial charge in [0.25, 0.3) is 5.91 Å². The molecule has 0 bridgehead atoms. The minimum absolute atomic E-state index is 0.0892. The second-order valence-corrected chi connectivity index (χ2v) is 7.21. The van der Waals surface area contributed by atoms with E-state index in [2.05, 4.69) is 10.3 Å². The summed E-state index contributed by atoms with van der Waals surface area (Å²) < 4.78 is 0. The zero-order chi connectivity index (χ0) is 20.1. The molecule has 0 spiro atoms. The molecule has 1 aromatic carbocycles. The van der Waals surface area contributed by atoms with Crippen molar-refractivity contribution < 1.29 is 14.4 Å². The van der Waals surface area contributed by atoms with Gasteiger partial charge >= 0.3 is 0 Å². The van der Waals surface area contributed by atoms with Crippen LogP contribution in [0.4, 0.5) is 11.5 Å². The lowest BCUT2D eigenvalue weighted by atomic mass is 10.1. The van der Waals surface area contributed by atoms with Gasteiger partial charge in [0.15, 0.2) is 0 Å². The van der Waals surface area contributed by atoms with E-state index in [-0.39, 0.29) is 30.0 Å². The summed E-state index contributed by atoms with van der Waals surface area (Å²) in [6.45, 7) is 4.93. The normalized spacial score (nSPS) is 13.1. The Morgan fingerprint density at radius 2 is 2.00 bits per heavy atom. The van der Waals surface area contributed by atoms with Gasteiger partial charge in [-0.15, -0.1) is 11.8 Å². The first-order chi connectivity index (χ1) is 13.5. The lowest BCUT2D eigenvalue weighted by Crippen LogP contribution is -2.41. The van der Waals surface area contributed by atoms with E-state index in [1.807, 2.05) is 19.9 Å². The van der Waals surface area contributed by atoms with Gasteiger partial charge in [-0.1, -0.05) is 6.07 Å². The highest BCUT2D eigenvalue weighted by atomic mass is 32.2. The van der Waals surface area contributed by atoms with Crippen LogP contribution in [0.2, 0.25) is 0 Å². The smallest absolute Gasteiger partial charge is 0.253 e. The number of pyridine rings is 1. The highest BCUT2D eigenvalue weighted by Crippen LogP contribution is 2.36. The summed E-state index contributed by atoms with van der Waals surface area (Å²) in [7, 11) is 0. The number of rotatable bonds is 6. The van der Waals surface area contributed by atoms with E-state index in [0.717, 1.165) is 4.90 Å². The Kier molecular flexibility index (Phi) is 6.30. The van der Waals surface area contributed by atoms with Gasteiger partial charge in [0.1, 0.15) is 12.4 Å². The van der Waals surface area contributed by atoms with Crippen LogP contribution in [0.5, 0.6) is 0 Å². The number of nitrogens with zero attached hydrogens (tertiary/aromatic N) is 3. The summed E-state index contributed by atoms with van der Waals surface area (Å²) in [5.74, 6) is 0.0879. The summed E-state index contributed by atoms with van der Waals surface area (Å²) in [5.41, 5.74) is 1.10. The molecule has 146 valence electrons. The van der Waals surface area contributed by atoms with Crippen molar-refractivity contribution >= 4 is 41.0 Å². The summed E-state index contributed by atoms with van der Waals surface area (Å²) in [6.07, 6.45) is 1.58. The molecule has 0 saturated heterocycles. The number of hydrogen-bond acceptors (Lipinski definition) is 5. The van der Waals surface area contributed by atoms with Gasteiger partial charge in [-0.2, -0.15) is 0 Å². The predicted octanol–water partition coefficient (Wildman–Crippen LogP) is 2.64. The minimum atomic E-state index is -0.342. The van der Waals surface area contributed by atoms with Crippen molar-refractivity contribution in [2.75, 3.05) is 35.6 Å². The van der Waals surface area contributed by atoms with Crippen molar-refractivity contribution in [2.45, 2.75) is 18.7 Å². The number of amides is 3. The van der Waals surface area contributed by atoms with Crippen LogP contribution in [0, 0.1) is 0 Å². The van der Waals surface area contributed by atoms with Crippen molar-refractivity contribution in [3.63, 3.8) is 0 Å². The molecule has 7 nitrogen and oxygen atoms in total. The molecular weight excluding hydrogens is 376 g/mol. The van der Waals surface area contributed by atoms with Crippen LogP contribution >= 0.6 is 11.8 Å². The van der Waals surface area contributed by atoms with Crippen LogP contribution in [0.1, 0.15) is 24.2 Å². The summed E-state index contributed by atoms with van der Waals surface area (Å²) in [6, 6.07) is 10.5. The maximum absolute atomic E-state index is 12.7. The number of anilines is 2. The van der Waals surface area contributed by atoms with Gasteiger partial charge in [-0.05, 0) is 44.2 Å². The van der Waals surface area contributed by atoms with Gasteiger partial charge in [0.05, 0.1) is 11.4 Å². The third-order valence-corrected chi connectivity index (χ3v) is 5.48. The third kappa shape index (κ3) is 4.33. The number of hydrogen-bond donors (Lipinski definition) is 1. The van der Waals surface area contributed by atoms with Gasteiger partial charge in [0.2, 0.25) is 11.8 Å². The van der Waals surface area contributed by atoms with Crippen molar-refractivity contribution in [3.8, 4) is 0 Å². The molecule has 0 atom stereocenters. The number of carbonyl (C=O) groups excluding carboxylic acids is 3. The standard InChI is InChI=1S/C20H22N4O3S/c1-3-23(4-2)20(27)14-8-9-16-15(11-14)24(19(26)13-28-16)12-18(25)22-17-7-5-6-10-21-17/h5-11H,3-4,12-13H2,1-2H3,(H,21,22,25). The first kappa shape index (κ1) is 19.9. The molecule has 2 heterocycles. The Balaban J connectivity index is 1.83. The maximum Gasteiger partial charge on any atom is 0.253 e. The van der Waals surface area contributed by atoms with Crippen LogP contribution in [-0.2, 0) is 9.59 Å². The zero-order valence-electron chi connectivity index (χ0n) is 15.8. The van der Waals surface area contributed by atoms with Crippen molar-refractivity contribution in [2.24, 2.45) is 0 Å². The van der Waals surface area contributed by atoms with Crippen LogP contribution in [-0.4, -0.2) is 53.0 Å². The zero-order valence-corrected chi connectivity index (χ0v) is 16.7. The maximum atomic E-state index is 12.7. The van der Waals surface area contributed by atoms with E-state index in [0.29, 0.717) is 30.2 Å². The fourth-order valence-electron chi connectivity index (χ4n) is 2.96. The van der Waals surface area contributed by atoms with Crippen LogP contribution in [0.25, 0.3) is 0 Å². The largest absolute Gasteiger partial charge is 0.339 e. The molecule has 8 heteroatoms. The quantitative estimate of drug-likeness (QED) is 0.809. The molecule has 1 N–H and O–H groups in total. The average Bonchev–Trinajstić information content (AvgIpc) is 2.71. The minimum Gasteiger partial charge on any atom is -0.339 e. The molecule has 2 aromatic rings. The second kappa shape index (κ2) is 8.88. The molecule has 0 unspecified atom stereocenters. The molecule has 28 heavy (non-hydrogen) atoms. The Bertz CT molecular complexity index is 884. The molecule has 3 rings (SSSR count). The van der Waals surface area contributed by atoms with Gasteiger partial charge in [-0.25, -0.2) is 4.98 Å². The van der Waals surface area contributed by atoms with Crippen LogP contribution < -0.4 is 10.2 Å². The molecular formula is C20H22N4O3S. The van der Waals surface area contributed by atoms with Gasteiger partial charge in [-0.3, -0.25) is 14.4 Å². The number of carbonyl (C=O) groups is 3. The van der Waals surface area contributed by atoms with E-state index in [1.165, 1.54) is 16.7 Å². The molecule has 0 fully saturated rings. The third-order valence-electron chi connectivity index (χ3n) is 4.43. The molecule has 1 aliphatic rings. The van der Waals surface area contributed by atoms with Crippen molar-refractivity contribution in [1.29, 1.82) is 0 Å². The Labute approximate surface area is 168 Å². The first-order valence-electron chi connectivity index (χ1n) is 9.10. The summed E-state index contributed by atoms with van der Waals surface area (Å²) in [4.78, 5) is 45.7. The number of benzene rings is 1. The number of aromatic nitrogens is 1. The van der Waals surface area contributed by atoms with Crippen molar-refractivity contribution in [3.05, 3.63) is 48.2 Å². The summed E-state index contributed by atoms with van der Waals surface area (Å²) in [5, 5.41) is 2.69. The monoisotopic (exact) mass is 398 g/mol. The second-order valence-electron chi connectivity index (χ2n) is 6.19. The van der Waals surface area contributed by atoms with E-state index < -0.39 is 0 Å². The fraction of sp³-hybridized carbons (Fsp3) is 0.300. The average molecular weight is 398 g/mol. The molecule has 3 amide bonds. The SMILES string of the molecule is CCN(CC)C(=O)c1ccc2c(c1)N(CC(=O)Nc1ccccn1)C(=O)CS2. The Morgan fingerprint density at radius 1 is 1.21 bits per heavy atom. The molecule has 0 saturated carbocycles. The lowest BCUT2D eigenvalue weighted by Gasteiger charge is -2.29. The van der Waals surface area contributed by atoms with Crippen LogP contribution in [0.3, 0.4) is 0 Å². The number of nitrogens with one attached hydrogen (secondary N) is 1. The first-order valence-corrected chi connectivity index (χ1v) is 10.1. The van der Waals surface area contributed by atoms with Crippen molar-refractivity contribution in [1.82, 2.24) is 9.88 Å². The predicted molar refractivity (Wildman–Crippen MR) is 110 cm³/mol. The van der Waals surface area contributed by atoms with E-state index in [1.54, 1.807) is 41.4 Å². The van der Waals surface area contributed by atoms with Crippen LogP contribution in [0.15, 0.2) is 47.5 Å². The topological polar surface area (TPSA) is 82.6 Å². The lowest BCUT2D eigenvalue weighted by molar-refractivity contribution is -0.120. The van der Waals surface area contributed by atoms with Gasteiger partial charge < -0.3 is 15.1 Å². The van der Waals surface area contributed by atoms with E-state index in [9.17, 15) is 14.4 Å². The highest BCUT2D eigenvalue weighted by molar-refractivity contribution is 8.00. The molecule has 0 aliphatic carbocycles. The summed E-state index contributed by atoms with van der Waals surface area (Å²) >= 11 is 1.41. The number of thioether (sulfide) groups is 1. The fourth-order valence-corrected chi connectivity index (χ4v) is 3.88. The molecule has 0 radical (unpaired) electrons. The highest BCUT2D eigenvalue weighted by Gasteiger charge is 2.28. The Morgan fingerprint density at radius 3 is 2.68 bits per heavy atom. The van der Waals surface area contributed by atoms with Gasteiger partial charge in [0, 0.05) is 29.7 Å². The molecule has 1 aliphatic heterocycles. The Hall–Kier alpha value is -2.87. The van der Waals surface area contributed by atoms with E-state index in [4.69, 9.17) is 0 Å². The number of fused-ring (bicyclic) bond motifs is 1.